The highest BCUT2D eigenvalue weighted by Crippen LogP contribution is 2.21. The zero-order chi connectivity index (χ0) is 15.3. The van der Waals surface area contributed by atoms with Gasteiger partial charge in [0.15, 0.2) is 0 Å². The molecule has 0 aromatic heterocycles. The average molecular weight is 285 g/mol. The molecule has 6 nitrogen and oxygen atoms in total. The van der Waals surface area contributed by atoms with Gasteiger partial charge in [0.05, 0.1) is 20.3 Å². The van der Waals surface area contributed by atoms with E-state index in [4.69, 9.17) is 9.47 Å². The number of carbonyl (C=O) groups is 2. The first-order chi connectivity index (χ1) is 9.38. The molecule has 0 bridgehead atoms. The third kappa shape index (κ3) is 4.31. The lowest BCUT2D eigenvalue weighted by atomic mass is 10.1. The summed E-state index contributed by atoms with van der Waals surface area (Å²) in [6.07, 6.45) is 1.55. The number of likely N-dealkylation sites (tertiary alicyclic amines) is 1. The third-order valence-electron chi connectivity index (χ3n) is 3.21. The largest absolute Gasteiger partial charge is 0.468 e. The minimum Gasteiger partial charge on any atom is -0.468 e. The molecule has 114 valence electrons. The summed E-state index contributed by atoms with van der Waals surface area (Å²) < 4.78 is 9.49. The van der Waals surface area contributed by atoms with Crippen LogP contribution in [-0.4, -0.2) is 61.4 Å². The topological polar surface area (TPSA) is 76.1 Å². The molecule has 1 aliphatic heterocycles. The van der Waals surface area contributed by atoms with Gasteiger partial charge in [-0.1, -0.05) is 19.9 Å². The molecule has 1 N–H and O–H groups in total. The molecule has 0 radical (unpaired) electrons. The fourth-order valence-corrected chi connectivity index (χ4v) is 2.37. The van der Waals surface area contributed by atoms with Gasteiger partial charge in [-0.2, -0.15) is 0 Å². The number of carbonyl (C=O) groups excluding carboxylic acids is 2. The molecule has 0 amide bonds. The van der Waals surface area contributed by atoms with Gasteiger partial charge in [-0.25, -0.2) is 4.79 Å². The molecule has 2 atom stereocenters. The highest BCUT2D eigenvalue weighted by atomic mass is 16.5. The van der Waals surface area contributed by atoms with E-state index >= 15 is 0 Å². The van der Waals surface area contributed by atoms with Crippen LogP contribution in [0.25, 0.3) is 0 Å². The molecule has 6 heteroatoms. The van der Waals surface area contributed by atoms with Gasteiger partial charge in [-0.3, -0.25) is 9.69 Å². The van der Waals surface area contributed by atoms with Crippen LogP contribution in [0.15, 0.2) is 11.6 Å². The Labute approximate surface area is 119 Å². The molecule has 20 heavy (non-hydrogen) atoms. The standard InChI is InChI=1S/C14H23NO5/c1-9(2)5-10(13(17)19-3)7-15-8-11(16)6-12(15)14(18)20-4/h5,9,11-12,16H,6-8H2,1-4H3/b10-5+/t11-,12+/m1/s1. The number of nitrogens with zero attached hydrogens (tertiary/aromatic N) is 1. The van der Waals surface area contributed by atoms with Crippen molar-refractivity contribution in [2.24, 2.45) is 5.92 Å². The van der Waals surface area contributed by atoms with Crippen LogP contribution in [0, 0.1) is 5.92 Å². The van der Waals surface area contributed by atoms with Crippen molar-refractivity contribution in [1.82, 2.24) is 4.90 Å². The molecular weight excluding hydrogens is 262 g/mol. The maximum absolute atomic E-state index is 11.8. The van der Waals surface area contributed by atoms with E-state index in [-0.39, 0.29) is 12.5 Å². The summed E-state index contributed by atoms with van der Waals surface area (Å²) in [4.78, 5) is 25.2. The number of methoxy groups -OCH3 is 2. The predicted octanol–water partition coefficient (Wildman–Crippen LogP) is 0.350. The van der Waals surface area contributed by atoms with Crippen LogP contribution in [0.4, 0.5) is 0 Å². The van der Waals surface area contributed by atoms with Gasteiger partial charge in [0.25, 0.3) is 0 Å². The van der Waals surface area contributed by atoms with Crippen LogP contribution in [0.1, 0.15) is 20.3 Å². The van der Waals surface area contributed by atoms with Gasteiger partial charge >= 0.3 is 11.9 Å². The van der Waals surface area contributed by atoms with Gasteiger partial charge in [-0.15, -0.1) is 0 Å². The summed E-state index contributed by atoms with van der Waals surface area (Å²) >= 11 is 0. The number of ether oxygens (including phenoxy) is 2. The lowest BCUT2D eigenvalue weighted by Gasteiger charge is -2.22. The summed E-state index contributed by atoms with van der Waals surface area (Å²) in [5.74, 6) is -0.618. The number of β-amino-alcohol motifs (C(OH)–C–C–N with tert-alkyl or cyclic N) is 1. The number of hydrogen-bond acceptors (Lipinski definition) is 6. The zero-order valence-electron chi connectivity index (χ0n) is 12.5. The molecule has 0 spiro atoms. The summed E-state index contributed by atoms with van der Waals surface area (Å²) in [6.45, 7) is 4.52. The molecule has 0 aromatic rings. The van der Waals surface area contributed by atoms with Crippen molar-refractivity contribution in [2.75, 3.05) is 27.3 Å². The van der Waals surface area contributed by atoms with Crippen molar-refractivity contribution in [1.29, 1.82) is 0 Å². The molecule has 0 saturated carbocycles. The van der Waals surface area contributed by atoms with Crippen molar-refractivity contribution in [3.05, 3.63) is 11.6 Å². The van der Waals surface area contributed by atoms with Crippen LogP contribution >= 0.6 is 0 Å². The summed E-state index contributed by atoms with van der Waals surface area (Å²) in [6, 6.07) is -0.518. The Kier molecular flexibility index (Phi) is 6.16. The van der Waals surface area contributed by atoms with Crippen LogP contribution in [-0.2, 0) is 19.1 Å². The maximum Gasteiger partial charge on any atom is 0.334 e. The molecule has 0 aromatic carbocycles. The molecule has 0 aliphatic carbocycles. The van der Waals surface area contributed by atoms with Crippen molar-refractivity contribution in [3.63, 3.8) is 0 Å². The summed E-state index contributed by atoms with van der Waals surface area (Å²) in [5, 5.41) is 9.72. The Morgan fingerprint density at radius 1 is 1.35 bits per heavy atom. The Hall–Kier alpha value is -1.40. The number of aliphatic hydroxyl groups excluding tert-OH is 1. The summed E-state index contributed by atoms with van der Waals surface area (Å²) in [7, 11) is 2.64. The average Bonchev–Trinajstić information content (AvgIpc) is 2.76. The smallest absolute Gasteiger partial charge is 0.334 e. The number of rotatable bonds is 5. The molecule has 0 unspecified atom stereocenters. The van der Waals surface area contributed by atoms with Crippen LogP contribution in [0.2, 0.25) is 0 Å². The maximum atomic E-state index is 11.8. The highest BCUT2D eigenvalue weighted by Gasteiger charge is 2.37. The van der Waals surface area contributed by atoms with E-state index < -0.39 is 24.1 Å². The Morgan fingerprint density at radius 2 is 2.00 bits per heavy atom. The van der Waals surface area contributed by atoms with Crippen molar-refractivity contribution in [2.45, 2.75) is 32.4 Å². The first-order valence-electron chi connectivity index (χ1n) is 6.68. The third-order valence-corrected chi connectivity index (χ3v) is 3.21. The quantitative estimate of drug-likeness (QED) is 0.580. The van der Waals surface area contributed by atoms with Crippen molar-refractivity contribution >= 4 is 11.9 Å². The minimum absolute atomic E-state index is 0.188. The molecular formula is C14H23NO5. The second-order valence-electron chi connectivity index (χ2n) is 5.29. The van der Waals surface area contributed by atoms with Gasteiger partial charge in [0.2, 0.25) is 0 Å². The van der Waals surface area contributed by atoms with E-state index in [1.54, 1.807) is 4.90 Å². The Balaban J connectivity index is 2.86. The second-order valence-corrected chi connectivity index (χ2v) is 5.29. The SMILES string of the molecule is COC(=O)/C(=C/C(C)C)CN1C[C@H](O)C[C@H]1C(=O)OC. The van der Waals surface area contributed by atoms with Crippen LogP contribution in [0.3, 0.4) is 0 Å². The lowest BCUT2D eigenvalue weighted by molar-refractivity contribution is -0.146. The first kappa shape index (κ1) is 16.7. The lowest BCUT2D eigenvalue weighted by Crippen LogP contribution is -2.39. The number of aliphatic hydroxyl groups is 1. The molecule has 1 rings (SSSR count). The number of allylic oxidation sites excluding steroid dienone is 1. The van der Waals surface area contributed by atoms with Gasteiger partial charge in [0.1, 0.15) is 6.04 Å². The zero-order valence-corrected chi connectivity index (χ0v) is 12.5. The molecule has 1 aliphatic rings. The monoisotopic (exact) mass is 285 g/mol. The van der Waals surface area contributed by atoms with Crippen molar-refractivity contribution in [3.8, 4) is 0 Å². The predicted molar refractivity (Wildman–Crippen MR) is 72.9 cm³/mol. The van der Waals surface area contributed by atoms with Crippen molar-refractivity contribution < 1.29 is 24.2 Å². The number of hydrogen-bond donors (Lipinski definition) is 1. The van der Waals surface area contributed by atoms with E-state index in [1.807, 2.05) is 19.9 Å². The summed E-state index contributed by atoms with van der Waals surface area (Å²) in [5.41, 5.74) is 0.491. The minimum atomic E-state index is -0.586. The molecule has 1 heterocycles. The van der Waals surface area contributed by atoms with Crippen LogP contribution < -0.4 is 0 Å². The van der Waals surface area contributed by atoms with E-state index in [1.165, 1.54) is 14.2 Å². The van der Waals surface area contributed by atoms with Gasteiger partial charge in [0, 0.05) is 25.1 Å². The van der Waals surface area contributed by atoms with E-state index in [2.05, 4.69) is 0 Å². The van der Waals surface area contributed by atoms with Gasteiger partial charge in [-0.05, 0) is 5.92 Å². The molecule has 1 saturated heterocycles. The van der Waals surface area contributed by atoms with E-state index in [0.717, 1.165) is 0 Å². The fraction of sp³-hybridized carbons (Fsp3) is 0.714. The fourth-order valence-electron chi connectivity index (χ4n) is 2.37. The van der Waals surface area contributed by atoms with E-state index in [9.17, 15) is 14.7 Å². The molecule has 1 fully saturated rings. The first-order valence-corrected chi connectivity index (χ1v) is 6.68. The van der Waals surface area contributed by atoms with Crippen LogP contribution in [0.5, 0.6) is 0 Å². The van der Waals surface area contributed by atoms with Gasteiger partial charge < -0.3 is 14.6 Å². The number of esters is 2. The second kappa shape index (κ2) is 7.40. The van der Waals surface area contributed by atoms with E-state index in [0.29, 0.717) is 18.5 Å². The Bertz CT molecular complexity index is 391. The normalized spacial score (nSPS) is 24.0. The Morgan fingerprint density at radius 3 is 2.50 bits per heavy atom. The highest BCUT2D eigenvalue weighted by molar-refractivity contribution is 5.89.